The number of hydrogen-bond acceptors (Lipinski definition) is 3. The van der Waals surface area contributed by atoms with Gasteiger partial charge < -0.3 is 9.67 Å². The van der Waals surface area contributed by atoms with Crippen LogP contribution in [0, 0.1) is 6.92 Å². The first-order chi connectivity index (χ1) is 11.2. The Labute approximate surface area is 160 Å². The van der Waals surface area contributed by atoms with Gasteiger partial charge in [0.05, 0.1) is 18.0 Å². The average molecular weight is 426 g/mol. The Morgan fingerprint density at radius 2 is 1.92 bits per heavy atom. The van der Waals surface area contributed by atoms with E-state index in [-0.39, 0.29) is 23.6 Å². The summed E-state index contributed by atoms with van der Waals surface area (Å²) >= 11 is 7.58. The molecule has 1 N–H and O–H groups in total. The van der Waals surface area contributed by atoms with Crippen LogP contribution in [0.3, 0.4) is 0 Å². The summed E-state index contributed by atoms with van der Waals surface area (Å²) in [6.45, 7) is 2.64. The van der Waals surface area contributed by atoms with Gasteiger partial charge in [0.2, 0.25) is 0 Å². The molecule has 0 unspecified atom stereocenters. The minimum Gasteiger partial charge on any atom is -0.395 e. The first-order valence-corrected chi connectivity index (χ1v) is 8.59. The molecule has 0 saturated carbocycles. The van der Waals surface area contributed by atoms with Crippen LogP contribution in [0.5, 0.6) is 0 Å². The number of aliphatic hydroxyl groups is 1. The average Bonchev–Trinajstić information content (AvgIpc) is 2.91. The van der Waals surface area contributed by atoms with Gasteiger partial charge in [0, 0.05) is 16.9 Å². The minimum atomic E-state index is 0. The van der Waals surface area contributed by atoms with Crippen molar-refractivity contribution >= 4 is 45.6 Å². The van der Waals surface area contributed by atoms with Crippen molar-refractivity contribution in [3.05, 3.63) is 69.3 Å². The van der Waals surface area contributed by atoms with Crippen molar-refractivity contribution in [2.24, 2.45) is 4.99 Å². The Kier molecular flexibility index (Phi) is 6.80. The van der Waals surface area contributed by atoms with E-state index in [0.29, 0.717) is 11.6 Å². The Morgan fingerprint density at radius 3 is 2.58 bits per heavy atom. The van der Waals surface area contributed by atoms with Crippen LogP contribution in [-0.4, -0.2) is 16.3 Å². The number of nitrogens with zero attached hydrogens (tertiary/aromatic N) is 2. The topological polar surface area (TPSA) is 37.5 Å². The predicted octanol–water partition coefficient (Wildman–Crippen LogP) is 4.98. The quantitative estimate of drug-likeness (QED) is 0.629. The number of rotatable bonds is 4. The van der Waals surface area contributed by atoms with Crippen molar-refractivity contribution in [1.82, 2.24) is 4.57 Å². The fraction of sp³-hybridized carbons (Fsp3) is 0.167. The van der Waals surface area contributed by atoms with E-state index in [1.54, 1.807) is 11.3 Å². The fourth-order valence-electron chi connectivity index (χ4n) is 2.35. The molecule has 126 valence electrons. The molecule has 0 radical (unpaired) electrons. The zero-order chi connectivity index (χ0) is 16.2. The molecule has 1 aromatic heterocycles. The van der Waals surface area contributed by atoms with Crippen LogP contribution in [0.15, 0.2) is 58.9 Å². The number of aromatic nitrogens is 1. The molecule has 0 bridgehead atoms. The third-order valence-electron chi connectivity index (χ3n) is 3.50. The normalized spacial score (nSPS) is 11.4. The van der Waals surface area contributed by atoms with Crippen LogP contribution in [-0.2, 0) is 6.54 Å². The van der Waals surface area contributed by atoms with E-state index in [1.807, 2.05) is 28.8 Å². The van der Waals surface area contributed by atoms with E-state index in [1.165, 1.54) is 5.56 Å². The summed E-state index contributed by atoms with van der Waals surface area (Å²) in [5, 5.41) is 12.1. The van der Waals surface area contributed by atoms with Gasteiger partial charge in [-0.15, -0.1) is 28.3 Å². The number of hydrogen-bond donors (Lipinski definition) is 1. The maximum atomic E-state index is 9.41. The van der Waals surface area contributed by atoms with Gasteiger partial charge in [-0.2, -0.15) is 0 Å². The van der Waals surface area contributed by atoms with Gasteiger partial charge in [-0.3, -0.25) is 0 Å². The summed E-state index contributed by atoms with van der Waals surface area (Å²) in [6.07, 6.45) is 0. The van der Waals surface area contributed by atoms with Crippen LogP contribution < -0.4 is 4.80 Å². The van der Waals surface area contributed by atoms with E-state index in [2.05, 4.69) is 41.6 Å². The van der Waals surface area contributed by atoms with Crippen molar-refractivity contribution in [2.75, 3.05) is 6.61 Å². The van der Waals surface area contributed by atoms with E-state index in [9.17, 15) is 5.11 Å². The molecule has 3 rings (SSSR count). The summed E-state index contributed by atoms with van der Waals surface area (Å²) < 4.78 is 2.04. The van der Waals surface area contributed by atoms with Crippen molar-refractivity contribution < 1.29 is 5.11 Å². The molecule has 0 aliphatic carbocycles. The Balaban J connectivity index is 0.00000208. The summed E-state index contributed by atoms with van der Waals surface area (Å²) in [4.78, 5) is 5.51. The van der Waals surface area contributed by atoms with E-state index >= 15 is 0 Å². The Morgan fingerprint density at radius 1 is 1.17 bits per heavy atom. The smallest absolute Gasteiger partial charge is 0.190 e. The second-order valence-corrected chi connectivity index (χ2v) is 6.51. The van der Waals surface area contributed by atoms with Crippen LogP contribution >= 0.6 is 39.9 Å². The zero-order valence-electron chi connectivity index (χ0n) is 13.1. The van der Waals surface area contributed by atoms with E-state index in [0.717, 1.165) is 21.7 Å². The maximum absolute atomic E-state index is 9.41. The molecule has 2 aromatic carbocycles. The summed E-state index contributed by atoms with van der Waals surface area (Å²) in [6, 6.07) is 15.8. The van der Waals surface area contributed by atoms with Crippen LogP contribution in [0.25, 0.3) is 11.3 Å². The van der Waals surface area contributed by atoms with Gasteiger partial charge in [-0.25, -0.2) is 4.99 Å². The molecule has 0 fully saturated rings. The molecule has 6 heteroatoms. The second-order valence-electron chi connectivity index (χ2n) is 5.24. The zero-order valence-corrected chi connectivity index (χ0v) is 16.4. The molecular weight excluding hydrogens is 408 g/mol. The number of aryl methyl sites for hydroxylation is 1. The van der Waals surface area contributed by atoms with Gasteiger partial charge in [-0.1, -0.05) is 47.5 Å². The highest BCUT2D eigenvalue weighted by atomic mass is 79.9. The van der Waals surface area contributed by atoms with Crippen molar-refractivity contribution in [3.63, 3.8) is 0 Å². The Bertz CT molecular complexity index is 871. The monoisotopic (exact) mass is 424 g/mol. The van der Waals surface area contributed by atoms with Crippen LogP contribution in [0.4, 0.5) is 5.69 Å². The van der Waals surface area contributed by atoms with E-state index < -0.39 is 0 Å². The van der Waals surface area contributed by atoms with E-state index in [4.69, 9.17) is 11.6 Å². The van der Waals surface area contributed by atoms with Crippen molar-refractivity contribution in [1.29, 1.82) is 0 Å². The summed E-state index contributed by atoms with van der Waals surface area (Å²) in [5.74, 6) is 0. The highest BCUT2D eigenvalue weighted by Gasteiger charge is 2.07. The van der Waals surface area contributed by atoms with Crippen molar-refractivity contribution in [3.8, 4) is 11.3 Å². The molecule has 0 aliphatic rings. The molecule has 0 amide bonds. The summed E-state index contributed by atoms with van der Waals surface area (Å²) in [5.41, 5.74) is 4.21. The van der Waals surface area contributed by atoms with Crippen molar-refractivity contribution in [2.45, 2.75) is 13.5 Å². The first-order valence-electron chi connectivity index (χ1n) is 7.34. The standard InChI is InChI=1S/C18H17ClN2OS.BrH/c1-13-5-7-14(8-6-13)17-12-23-18(21(17)9-10-22)20-16-4-2-3-15(19)11-16;/h2-8,11-12,22H,9-10H2,1H3;1H. The molecule has 0 atom stereocenters. The summed E-state index contributed by atoms with van der Waals surface area (Å²) in [7, 11) is 0. The molecular formula is C18H18BrClN2OS. The molecule has 1 heterocycles. The molecule has 24 heavy (non-hydrogen) atoms. The number of benzene rings is 2. The van der Waals surface area contributed by atoms with Gasteiger partial charge in [0.1, 0.15) is 0 Å². The third-order valence-corrected chi connectivity index (χ3v) is 4.60. The van der Waals surface area contributed by atoms with Gasteiger partial charge in [0.15, 0.2) is 4.80 Å². The van der Waals surface area contributed by atoms with Gasteiger partial charge >= 0.3 is 0 Å². The first kappa shape index (κ1) is 18.9. The highest BCUT2D eigenvalue weighted by Crippen LogP contribution is 2.22. The van der Waals surface area contributed by atoms with Gasteiger partial charge in [0.25, 0.3) is 0 Å². The lowest BCUT2D eigenvalue weighted by atomic mass is 10.1. The maximum Gasteiger partial charge on any atom is 0.190 e. The third kappa shape index (κ3) is 4.36. The molecule has 3 aromatic rings. The highest BCUT2D eigenvalue weighted by molar-refractivity contribution is 8.93. The lowest BCUT2D eigenvalue weighted by Crippen LogP contribution is -2.17. The van der Waals surface area contributed by atoms with Crippen LogP contribution in [0.2, 0.25) is 5.02 Å². The molecule has 3 nitrogen and oxygen atoms in total. The molecule has 0 spiro atoms. The lowest BCUT2D eigenvalue weighted by molar-refractivity contribution is 0.275. The SMILES string of the molecule is Br.Cc1ccc(-c2csc(=Nc3cccc(Cl)c3)n2CCO)cc1. The lowest BCUT2D eigenvalue weighted by Gasteiger charge is -2.07. The number of thiazole rings is 1. The Hall–Kier alpha value is -1.40. The second kappa shape index (κ2) is 8.62. The largest absolute Gasteiger partial charge is 0.395 e. The predicted molar refractivity (Wildman–Crippen MR) is 107 cm³/mol. The minimum absolute atomic E-state index is 0. The number of aliphatic hydroxyl groups excluding tert-OH is 1. The number of halogens is 2. The van der Waals surface area contributed by atoms with Crippen LogP contribution in [0.1, 0.15) is 5.56 Å². The molecule has 0 saturated heterocycles. The van der Waals surface area contributed by atoms with Gasteiger partial charge in [-0.05, 0) is 30.7 Å². The molecule has 0 aliphatic heterocycles. The fourth-order valence-corrected chi connectivity index (χ4v) is 3.49.